The Hall–Kier alpha value is -1.06. The van der Waals surface area contributed by atoms with Crippen LogP contribution in [0.25, 0.3) is 0 Å². The van der Waals surface area contributed by atoms with Gasteiger partial charge in [-0.1, -0.05) is 124 Å². The quantitative estimate of drug-likeness (QED) is 0.120. The lowest BCUT2D eigenvalue weighted by Crippen LogP contribution is -2.35. The van der Waals surface area contributed by atoms with Gasteiger partial charge in [0.2, 0.25) is 0 Å². The maximum atomic E-state index is 13.0. The first-order valence-corrected chi connectivity index (χ1v) is 15.4. The van der Waals surface area contributed by atoms with Crippen LogP contribution in [0, 0.1) is 17.8 Å². The Kier molecular flexibility index (Phi) is 19.2. The lowest BCUT2D eigenvalue weighted by Gasteiger charge is -2.29. The van der Waals surface area contributed by atoms with E-state index in [1.54, 1.807) is 0 Å². The number of rotatable bonds is 22. The van der Waals surface area contributed by atoms with Gasteiger partial charge >= 0.3 is 11.9 Å². The Morgan fingerprint density at radius 3 is 1.57 bits per heavy atom. The summed E-state index contributed by atoms with van der Waals surface area (Å²) in [6.07, 6.45) is 25.4. The van der Waals surface area contributed by atoms with Crippen LogP contribution >= 0.6 is 0 Å². The van der Waals surface area contributed by atoms with E-state index in [9.17, 15) is 14.7 Å². The largest absolute Gasteiger partial charge is 0.481 e. The van der Waals surface area contributed by atoms with Crippen molar-refractivity contribution in [1.82, 2.24) is 0 Å². The van der Waals surface area contributed by atoms with Crippen molar-refractivity contribution in [2.75, 3.05) is 0 Å². The number of carbonyl (C=O) groups is 2. The Morgan fingerprint density at radius 1 is 0.686 bits per heavy atom. The molecule has 0 aromatic rings. The number of aliphatic carboxylic acids is 1. The first-order valence-electron chi connectivity index (χ1n) is 15.4. The van der Waals surface area contributed by atoms with Gasteiger partial charge in [0.1, 0.15) is 6.10 Å². The molecule has 0 aliphatic heterocycles. The van der Waals surface area contributed by atoms with Crippen molar-refractivity contribution < 1.29 is 19.4 Å². The lowest BCUT2D eigenvalue weighted by molar-refractivity contribution is -0.164. The topological polar surface area (TPSA) is 63.6 Å². The molecular weight excluding hydrogens is 436 g/mol. The standard InChI is InChI=1S/C31H58O4/c1-4-5-6-7-8-9-10-11-14-17-22-27(23-18-15-12-13-16-21-26(2)3)35-31(34)29-25-20-19-24-28(29)30(32)33/h26-29H,4-25H2,1-3H3,(H,32,33). The van der Waals surface area contributed by atoms with Gasteiger partial charge in [0, 0.05) is 0 Å². The van der Waals surface area contributed by atoms with E-state index in [0.29, 0.717) is 12.8 Å². The van der Waals surface area contributed by atoms with Crippen molar-refractivity contribution in [3.63, 3.8) is 0 Å². The van der Waals surface area contributed by atoms with Crippen molar-refractivity contribution in [2.45, 2.75) is 168 Å². The van der Waals surface area contributed by atoms with Gasteiger partial charge in [-0.15, -0.1) is 0 Å². The molecule has 4 heteroatoms. The summed E-state index contributed by atoms with van der Waals surface area (Å²) in [5, 5.41) is 9.57. The molecule has 0 radical (unpaired) electrons. The van der Waals surface area contributed by atoms with Gasteiger partial charge in [0.05, 0.1) is 11.8 Å². The molecule has 3 atom stereocenters. The molecule has 1 aliphatic carbocycles. The van der Waals surface area contributed by atoms with Crippen LogP contribution in [0.15, 0.2) is 0 Å². The zero-order valence-electron chi connectivity index (χ0n) is 23.5. The number of esters is 1. The predicted octanol–water partition coefficient (Wildman–Crippen LogP) is 9.49. The van der Waals surface area contributed by atoms with E-state index in [1.807, 2.05) is 0 Å². The number of unbranched alkanes of at least 4 members (excludes halogenated alkanes) is 13. The number of carboxylic acid groups (broad SMARTS) is 1. The first kappa shape index (κ1) is 32.0. The number of carbonyl (C=O) groups excluding carboxylic acids is 1. The summed E-state index contributed by atoms with van der Waals surface area (Å²) < 4.78 is 6.01. The average Bonchev–Trinajstić information content (AvgIpc) is 2.84. The molecule has 35 heavy (non-hydrogen) atoms. The Balaban J connectivity index is 2.38. The van der Waals surface area contributed by atoms with E-state index in [-0.39, 0.29) is 12.1 Å². The summed E-state index contributed by atoms with van der Waals surface area (Å²) >= 11 is 0. The van der Waals surface area contributed by atoms with Crippen LogP contribution in [0.1, 0.15) is 162 Å². The molecule has 0 heterocycles. The lowest BCUT2D eigenvalue weighted by atomic mass is 9.79. The third-order valence-electron chi connectivity index (χ3n) is 7.86. The van der Waals surface area contributed by atoms with Crippen molar-refractivity contribution in [3.8, 4) is 0 Å². The molecule has 1 fully saturated rings. The van der Waals surface area contributed by atoms with Crippen LogP contribution in [0.3, 0.4) is 0 Å². The summed E-state index contributed by atoms with van der Waals surface area (Å²) in [5.74, 6) is -1.30. The molecule has 1 saturated carbocycles. The SMILES string of the molecule is CCCCCCCCCCCCC(CCCCCCCC(C)C)OC(=O)C1CCCCC1C(=O)O. The third-order valence-corrected chi connectivity index (χ3v) is 7.86. The van der Waals surface area contributed by atoms with Crippen molar-refractivity contribution in [2.24, 2.45) is 17.8 Å². The van der Waals surface area contributed by atoms with E-state index < -0.39 is 17.8 Å². The van der Waals surface area contributed by atoms with Crippen LogP contribution in [0.4, 0.5) is 0 Å². The molecule has 206 valence electrons. The Bertz CT molecular complexity index is 530. The highest BCUT2D eigenvalue weighted by atomic mass is 16.5. The van der Waals surface area contributed by atoms with Gasteiger partial charge in [-0.3, -0.25) is 9.59 Å². The van der Waals surface area contributed by atoms with Crippen LogP contribution in [0.5, 0.6) is 0 Å². The fourth-order valence-corrected chi connectivity index (χ4v) is 5.54. The summed E-state index contributed by atoms with van der Waals surface area (Å²) in [7, 11) is 0. The fourth-order valence-electron chi connectivity index (χ4n) is 5.54. The third kappa shape index (κ3) is 16.3. The smallest absolute Gasteiger partial charge is 0.310 e. The second-order valence-electron chi connectivity index (χ2n) is 11.6. The highest BCUT2D eigenvalue weighted by molar-refractivity contribution is 5.81. The zero-order chi connectivity index (χ0) is 25.7. The van der Waals surface area contributed by atoms with E-state index in [1.165, 1.54) is 89.9 Å². The predicted molar refractivity (Wildman–Crippen MR) is 147 cm³/mol. The summed E-state index contributed by atoms with van der Waals surface area (Å²) in [6.45, 7) is 6.83. The number of hydrogen-bond acceptors (Lipinski definition) is 3. The minimum atomic E-state index is -0.834. The molecule has 0 aromatic carbocycles. The van der Waals surface area contributed by atoms with Crippen molar-refractivity contribution in [1.29, 1.82) is 0 Å². The van der Waals surface area contributed by atoms with Gasteiger partial charge in [-0.2, -0.15) is 0 Å². The van der Waals surface area contributed by atoms with Crippen LogP contribution in [-0.2, 0) is 14.3 Å². The number of carboxylic acids is 1. The molecule has 3 unspecified atom stereocenters. The van der Waals surface area contributed by atoms with Gasteiger partial charge in [0.15, 0.2) is 0 Å². The molecule has 0 spiro atoms. The summed E-state index contributed by atoms with van der Waals surface area (Å²) in [5.41, 5.74) is 0. The summed E-state index contributed by atoms with van der Waals surface area (Å²) in [6, 6.07) is 0. The van der Waals surface area contributed by atoms with Crippen molar-refractivity contribution >= 4 is 11.9 Å². The van der Waals surface area contributed by atoms with Crippen LogP contribution < -0.4 is 0 Å². The molecule has 0 amide bonds. The normalized spacial score (nSPS) is 19.1. The van der Waals surface area contributed by atoms with Gasteiger partial charge in [-0.05, 0) is 44.4 Å². The second kappa shape index (κ2) is 21.1. The molecule has 0 saturated heterocycles. The molecule has 1 rings (SSSR count). The van der Waals surface area contributed by atoms with Crippen molar-refractivity contribution in [3.05, 3.63) is 0 Å². The molecule has 1 N–H and O–H groups in total. The number of hydrogen-bond donors (Lipinski definition) is 1. The maximum Gasteiger partial charge on any atom is 0.310 e. The molecule has 0 aromatic heterocycles. The van der Waals surface area contributed by atoms with Crippen LogP contribution in [0.2, 0.25) is 0 Å². The molecular formula is C31H58O4. The van der Waals surface area contributed by atoms with Gasteiger partial charge in [-0.25, -0.2) is 0 Å². The molecule has 1 aliphatic rings. The molecule has 4 nitrogen and oxygen atoms in total. The van der Waals surface area contributed by atoms with E-state index in [2.05, 4.69) is 20.8 Å². The minimum absolute atomic E-state index is 0.0384. The maximum absolute atomic E-state index is 13.0. The van der Waals surface area contributed by atoms with Gasteiger partial charge in [0.25, 0.3) is 0 Å². The second-order valence-corrected chi connectivity index (χ2v) is 11.6. The highest BCUT2D eigenvalue weighted by Crippen LogP contribution is 2.32. The zero-order valence-corrected chi connectivity index (χ0v) is 23.5. The van der Waals surface area contributed by atoms with E-state index >= 15 is 0 Å². The van der Waals surface area contributed by atoms with Crippen LogP contribution in [-0.4, -0.2) is 23.1 Å². The number of ether oxygens (including phenoxy) is 1. The Labute approximate surface area is 217 Å². The monoisotopic (exact) mass is 494 g/mol. The van der Waals surface area contributed by atoms with E-state index in [4.69, 9.17) is 4.74 Å². The van der Waals surface area contributed by atoms with E-state index in [0.717, 1.165) is 44.4 Å². The average molecular weight is 495 g/mol. The highest BCUT2D eigenvalue weighted by Gasteiger charge is 2.37. The van der Waals surface area contributed by atoms with Gasteiger partial charge < -0.3 is 9.84 Å². The Morgan fingerprint density at radius 2 is 1.11 bits per heavy atom. The minimum Gasteiger partial charge on any atom is -0.481 e. The summed E-state index contributed by atoms with van der Waals surface area (Å²) in [4.78, 5) is 24.6. The molecule has 0 bridgehead atoms. The fraction of sp³-hybridized carbons (Fsp3) is 0.935. The first-order chi connectivity index (χ1) is 17.0.